The maximum atomic E-state index is 15.5. The molecule has 2 amide bonds. The Morgan fingerprint density at radius 2 is 1.75 bits per heavy atom. The monoisotopic (exact) mass is 698 g/mol. The summed E-state index contributed by atoms with van der Waals surface area (Å²) in [5.74, 6) is -1.78. The van der Waals surface area contributed by atoms with Crippen molar-refractivity contribution >= 4 is 39.3 Å². The standard InChI is InChI=1S/C35H40ClFN4O6S/c36-25-11-9-23(10-12-25)31(24-15-19-47-20-16-24)32(40-34(43)44)33(42)39-30-8-4-7-29(37)28(30)14-13-26-21-38-22-35(17-18-35)41(26)48(45,46)27-5-2-1-3-6-27/h1-12,24,26,31-32,38,40H,13-22H2,(H,39,42)(H,43,44)/t26-,31-,32-/m0/s1. The van der Waals surface area contributed by atoms with Crippen molar-refractivity contribution in [3.63, 3.8) is 0 Å². The number of ether oxygens (including phenoxy) is 1. The predicted octanol–water partition coefficient (Wildman–Crippen LogP) is 5.39. The summed E-state index contributed by atoms with van der Waals surface area (Å²) < 4.78 is 50.6. The van der Waals surface area contributed by atoms with E-state index in [2.05, 4.69) is 16.0 Å². The van der Waals surface area contributed by atoms with Crippen LogP contribution < -0.4 is 16.0 Å². The number of anilines is 1. The first-order valence-corrected chi connectivity index (χ1v) is 18.1. The van der Waals surface area contributed by atoms with Crippen LogP contribution in [0.5, 0.6) is 0 Å². The fourth-order valence-electron chi connectivity index (χ4n) is 7.34. The lowest BCUT2D eigenvalue weighted by molar-refractivity contribution is -0.119. The molecular weight excluding hydrogens is 659 g/mol. The first-order valence-electron chi connectivity index (χ1n) is 16.3. The van der Waals surface area contributed by atoms with Gasteiger partial charge in [-0.25, -0.2) is 17.6 Å². The van der Waals surface area contributed by atoms with E-state index in [0.717, 1.165) is 18.4 Å². The number of carboxylic acid groups (broad SMARTS) is 1. The second-order valence-corrected chi connectivity index (χ2v) is 15.1. The Morgan fingerprint density at radius 3 is 2.42 bits per heavy atom. The van der Waals surface area contributed by atoms with Crippen molar-refractivity contribution in [2.45, 2.75) is 67.0 Å². The fraction of sp³-hybridized carbons (Fsp3) is 0.429. The molecule has 2 aliphatic heterocycles. The van der Waals surface area contributed by atoms with E-state index in [1.54, 1.807) is 65.0 Å². The van der Waals surface area contributed by atoms with Crippen molar-refractivity contribution in [3.8, 4) is 0 Å². The van der Waals surface area contributed by atoms with Gasteiger partial charge >= 0.3 is 6.09 Å². The first kappa shape index (κ1) is 34.3. The highest BCUT2D eigenvalue weighted by atomic mass is 35.5. The summed E-state index contributed by atoms with van der Waals surface area (Å²) in [5, 5.41) is 19.0. The molecule has 4 N–H and O–H groups in total. The number of hydrogen-bond acceptors (Lipinski definition) is 6. The van der Waals surface area contributed by atoms with Crippen molar-refractivity contribution in [2.75, 3.05) is 31.6 Å². The molecule has 0 unspecified atom stereocenters. The Morgan fingerprint density at radius 1 is 1.04 bits per heavy atom. The van der Waals surface area contributed by atoms with Gasteiger partial charge in [-0.1, -0.05) is 48.0 Å². The molecule has 3 atom stereocenters. The second-order valence-electron chi connectivity index (χ2n) is 12.9. The summed E-state index contributed by atoms with van der Waals surface area (Å²) >= 11 is 6.15. The van der Waals surface area contributed by atoms with E-state index in [9.17, 15) is 23.1 Å². The van der Waals surface area contributed by atoms with Crippen LogP contribution in [0.1, 0.15) is 49.1 Å². The normalized spacial score (nSPS) is 20.9. The minimum absolute atomic E-state index is 0.0689. The largest absolute Gasteiger partial charge is 0.465 e. The third-order valence-electron chi connectivity index (χ3n) is 9.81. The molecule has 10 nitrogen and oxygen atoms in total. The molecule has 0 aromatic heterocycles. The second kappa shape index (κ2) is 14.5. The van der Waals surface area contributed by atoms with Crippen molar-refractivity contribution in [1.82, 2.24) is 14.9 Å². The number of rotatable bonds is 11. The van der Waals surface area contributed by atoms with Gasteiger partial charge in [0.15, 0.2) is 0 Å². The number of amides is 2. The Bertz CT molecular complexity index is 1720. The van der Waals surface area contributed by atoms with Crippen molar-refractivity contribution in [1.29, 1.82) is 0 Å². The highest BCUT2D eigenvalue weighted by molar-refractivity contribution is 7.89. The van der Waals surface area contributed by atoms with Crippen molar-refractivity contribution < 1.29 is 32.2 Å². The van der Waals surface area contributed by atoms with Gasteiger partial charge in [0.2, 0.25) is 15.9 Å². The quantitative estimate of drug-likeness (QED) is 0.211. The van der Waals surface area contributed by atoms with E-state index in [1.807, 2.05) is 0 Å². The van der Waals surface area contributed by atoms with Gasteiger partial charge in [0, 0.05) is 60.1 Å². The number of halogens is 2. The molecule has 1 aliphatic carbocycles. The number of carbonyl (C=O) groups excluding carboxylic acids is 1. The zero-order valence-corrected chi connectivity index (χ0v) is 28.0. The molecular formula is C35H40ClFN4O6S. The predicted molar refractivity (Wildman–Crippen MR) is 180 cm³/mol. The molecule has 256 valence electrons. The maximum absolute atomic E-state index is 15.5. The van der Waals surface area contributed by atoms with E-state index in [-0.39, 0.29) is 28.5 Å². The molecule has 0 radical (unpaired) electrons. The highest BCUT2D eigenvalue weighted by Crippen LogP contribution is 2.47. The number of nitrogens with one attached hydrogen (secondary N) is 3. The van der Waals surface area contributed by atoms with Gasteiger partial charge in [-0.3, -0.25) is 4.79 Å². The molecule has 6 rings (SSSR count). The maximum Gasteiger partial charge on any atom is 0.405 e. The molecule has 3 aromatic rings. The lowest BCUT2D eigenvalue weighted by Gasteiger charge is -2.42. The number of hydrogen-bond donors (Lipinski definition) is 4. The summed E-state index contributed by atoms with van der Waals surface area (Å²) in [6, 6.07) is 18.1. The van der Waals surface area contributed by atoms with Gasteiger partial charge in [-0.05, 0) is 86.4 Å². The smallest absolute Gasteiger partial charge is 0.405 e. The number of sulfonamides is 1. The van der Waals surface area contributed by atoms with Crippen LogP contribution in [0.2, 0.25) is 5.02 Å². The van der Waals surface area contributed by atoms with Gasteiger partial charge in [0.05, 0.1) is 4.90 Å². The summed E-state index contributed by atoms with van der Waals surface area (Å²) in [5.41, 5.74) is 0.668. The number of carbonyl (C=O) groups is 2. The molecule has 2 heterocycles. The van der Waals surface area contributed by atoms with Crippen LogP contribution in [0.3, 0.4) is 0 Å². The topological polar surface area (TPSA) is 137 Å². The number of benzene rings is 3. The highest BCUT2D eigenvalue weighted by Gasteiger charge is 2.57. The third-order valence-corrected chi connectivity index (χ3v) is 12.1. The molecule has 1 spiro atoms. The summed E-state index contributed by atoms with van der Waals surface area (Å²) in [7, 11) is -3.82. The summed E-state index contributed by atoms with van der Waals surface area (Å²) in [6.07, 6.45) is 1.82. The van der Waals surface area contributed by atoms with Crippen molar-refractivity contribution in [2.24, 2.45) is 5.92 Å². The Labute approximate surface area is 285 Å². The van der Waals surface area contributed by atoms with Gasteiger partial charge in [0.25, 0.3) is 0 Å². The lowest BCUT2D eigenvalue weighted by atomic mass is 9.76. The van der Waals surface area contributed by atoms with Crippen LogP contribution >= 0.6 is 11.6 Å². The molecule has 0 bridgehead atoms. The zero-order valence-electron chi connectivity index (χ0n) is 26.4. The van der Waals surface area contributed by atoms with Crippen LogP contribution in [0.25, 0.3) is 0 Å². The zero-order chi connectivity index (χ0) is 33.9. The Hall–Kier alpha value is -3.55. The summed E-state index contributed by atoms with van der Waals surface area (Å²) in [4.78, 5) is 26.3. The molecule has 48 heavy (non-hydrogen) atoms. The number of nitrogens with zero attached hydrogens (tertiary/aromatic N) is 1. The number of piperazine rings is 1. The minimum Gasteiger partial charge on any atom is -0.465 e. The van der Waals surface area contributed by atoms with Crippen LogP contribution in [-0.4, -0.2) is 73.8 Å². The SMILES string of the molecule is O=C(O)N[C@H](C(=O)Nc1cccc(F)c1CC[C@H]1CNCC2(CC2)N1S(=O)(=O)c1ccccc1)[C@@H](c1ccc(Cl)cc1)C1CCOCC1. The Kier molecular flexibility index (Phi) is 10.4. The van der Waals surface area contributed by atoms with Gasteiger partial charge in [-0.15, -0.1) is 0 Å². The van der Waals surface area contributed by atoms with Crippen LogP contribution in [0, 0.1) is 11.7 Å². The molecule has 1 saturated carbocycles. The fourth-order valence-corrected chi connectivity index (χ4v) is 9.52. The summed E-state index contributed by atoms with van der Waals surface area (Å²) in [6.45, 7) is 1.93. The minimum atomic E-state index is -3.82. The van der Waals surface area contributed by atoms with Crippen LogP contribution in [-0.2, 0) is 26.0 Å². The molecule has 13 heteroatoms. The average Bonchev–Trinajstić information content (AvgIpc) is 3.84. The lowest BCUT2D eigenvalue weighted by Crippen LogP contribution is -2.61. The average molecular weight is 699 g/mol. The van der Waals surface area contributed by atoms with Gasteiger partial charge in [-0.2, -0.15) is 4.31 Å². The van der Waals surface area contributed by atoms with E-state index in [4.69, 9.17) is 16.3 Å². The molecule has 2 saturated heterocycles. The van der Waals surface area contributed by atoms with Gasteiger partial charge < -0.3 is 25.8 Å². The van der Waals surface area contributed by atoms with Crippen molar-refractivity contribution in [3.05, 3.63) is 94.8 Å². The van der Waals surface area contributed by atoms with E-state index < -0.39 is 51.4 Å². The molecule has 3 fully saturated rings. The molecule has 3 aliphatic rings. The third kappa shape index (κ3) is 7.37. The van der Waals surface area contributed by atoms with E-state index in [0.29, 0.717) is 50.6 Å². The molecule has 3 aromatic carbocycles. The Balaban J connectivity index is 1.26. The van der Waals surface area contributed by atoms with Crippen LogP contribution in [0.4, 0.5) is 14.9 Å². The van der Waals surface area contributed by atoms with Crippen LogP contribution in [0.15, 0.2) is 77.7 Å². The van der Waals surface area contributed by atoms with E-state index >= 15 is 4.39 Å². The van der Waals surface area contributed by atoms with Gasteiger partial charge in [0.1, 0.15) is 11.9 Å². The first-order chi connectivity index (χ1) is 23.1. The van der Waals surface area contributed by atoms with E-state index in [1.165, 1.54) is 12.1 Å².